The van der Waals surface area contributed by atoms with Gasteiger partial charge in [0.15, 0.2) is 0 Å². The third-order valence-corrected chi connectivity index (χ3v) is 7.87. The van der Waals surface area contributed by atoms with Crippen molar-refractivity contribution in [2.75, 3.05) is 13.6 Å². The van der Waals surface area contributed by atoms with Crippen LogP contribution < -0.4 is 0 Å². The fourth-order valence-corrected chi connectivity index (χ4v) is 5.54. The van der Waals surface area contributed by atoms with Crippen LogP contribution in [-0.4, -0.2) is 46.8 Å². The molecule has 0 aliphatic heterocycles. The third kappa shape index (κ3) is 8.54. The minimum Gasteiger partial charge on any atom is -0.481 e. The van der Waals surface area contributed by atoms with Gasteiger partial charge < -0.3 is 10.0 Å². The number of nitrogens with zero attached hydrogens (tertiary/aromatic N) is 3. The van der Waals surface area contributed by atoms with Gasteiger partial charge in [-0.3, -0.25) is 14.6 Å². The summed E-state index contributed by atoms with van der Waals surface area (Å²) in [6.45, 7) is 10.1. The van der Waals surface area contributed by atoms with E-state index in [-0.39, 0.29) is 11.8 Å². The van der Waals surface area contributed by atoms with E-state index in [1.165, 1.54) is 35.1 Å². The summed E-state index contributed by atoms with van der Waals surface area (Å²) in [5.41, 5.74) is 8.40. The van der Waals surface area contributed by atoms with Crippen LogP contribution in [0.1, 0.15) is 87.1 Å². The van der Waals surface area contributed by atoms with Gasteiger partial charge in [-0.1, -0.05) is 87.5 Å². The number of hydrogen-bond donors (Lipinski definition) is 1. The lowest BCUT2D eigenvalue weighted by Crippen LogP contribution is -2.31. The summed E-state index contributed by atoms with van der Waals surface area (Å²) in [4.78, 5) is 24.6. The first-order valence-corrected chi connectivity index (χ1v) is 15.1. The van der Waals surface area contributed by atoms with Crippen molar-refractivity contribution < 1.29 is 14.7 Å². The van der Waals surface area contributed by atoms with Gasteiger partial charge in [0.25, 0.3) is 0 Å². The standard InChI is InChI=1S/C36H45N3O3/c1-6-39(25-40)34(37-38(5)24-28-15-20-33(36(2,3)4)32(22-28)30-18-19-30)12-8-9-26-13-16-29(17-14-26)31-11-7-10-27(21-31)23-35(41)42/h7,10-11,13-17,20-22,25,30H,6,8-9,12,18-19,23-24H2,1-5H3,(H,41,42)/b37-34-. The number of aliphatic carboxylic acids is 1. The summed E-state index contributed by atoms with van der Waals surface area (Å²) in [6.07, 6.45) is 5.89. The largest absolute Gasteiger partial charge is 0.481 e. The van der Waals surface area contributed by atoms with Crippen LogP contribution in [0.2, 0.25) is 0 Å². The second-order valence-electron chi connectivity index (χ2n) is 12.5. The topological polar surface area (TPSA) is 73.2 Å². The molecule has 3 aromatic rings. The summed E-state index contributed by atoms with van der Waals surface area (Å²) in [7, 11) is 1.98. The molecule has 0 bridgehead atoms. The normalized spacial score (nSPS) is 13.6. The number of carbonyl (C=O) groups excluding carboxylic acids is 1. The molecule has 1 amide bonds. The predicted molar refractivity (Wildman–Crippen MR) is 171 cm³/mol. The zero-order valence-corrected chi connectivity index (χ0v) is 25.8. The Morgan fingerprint density at radius 2 is 1.69 bits per heavy atom. The van der Waals surface area contributed by atoms with Gasteiger partial charge >= 0.3 is 5.97 Å². The van der Waals surface area contributed by atoms with Crippen molar-refractivity contribution in [2.24, 2.45) is 5.10 Å². The molecule has 0 saturated heterocycles. The second-order valence-corrected chi connectivity index (χ2v) is 12.5. The Morgan fingerprint density at radius 1 is 0.976 bits per heavy atom. The SMILES string of the molecule is CCN(C=O)/C(CCCc1ccc(-c2cccc(CC(=O)O)c2)cc1)=N\N(C)Cc1ccc(C(C)(C)C)c(C2CC2)c1. The minimum absolute atomic E-state index is 0.0194. The van der Waals surface area contributed by atoms with Crippen molar-refractivity contribution in [3.63, 3.8) is 0 Å². The summed E-state index contributed by atoms with van der Waals surface area (Å²) >= 11 is 0. The molecule has 0 heterocycles. The minimum atomic E-state index is -0.828. The Kier molecular flexibility index (Phi) is 10.2. The average Bonchev–Trinajstić information content (AvgIpc) is 3.79. The Hall–Kier alpha value is -3.93. The smallest absolute Gasteiger partial charge is 0.307 e. The molecule has 42 heavy (non-hydrogen) atoms. The number of aryl methyl sites for hydroxylation is 1. The van der Waals surface area contributed by atoms with E-state index in [4.69, 9.17) is 10.2 Å². The molecule has 6 heteroatoms. The number of amidine groups is 1. The van der Waals surface area contributed by atoms with E-state index >= 15 is 0 Å². The summed E-state index contributed by atoms with van der Waals surface area (Å²) in [5.74, 6) is 0.645. The van der Waals surface area contributed by atoms with Crippen molar-refractivity contribution in [1.29, 1.82) is 0 Å². The summed E-state index contributed by atoms with van der Waals surface area (Å²) < 4.78 is 0. The van der Waals surface area contributed by atoms with Gasteiger partial charge in [-0.15, -0.1) is 0 Å². The van der Waals surface area contributed by atoms with Crippen LogP contribution in [0.4, 0.5) is 0 Å². The lowest BCUT2D eigenvalue weighted by molar-refractivity contribution is -0.136. The van der Waals surface area contributed by atoms with Gasteiger partial charge in [-0.2, -0.15) is 5.10 Å². The lowest BCUT2D eigenvalue weighted by atomic mass is 9.82. The number of carbonyl (C=O) groups is 2. The molecule has 3 aromatic carbocycles. The Balaban J connectivity index is 1.40. The molecule has 222 valence electrons. The fraction of sp³-hybridized carbons (Fsp3) is 0.417. The van der Waals surface area contributed by atoms with Crippen LogP contribution in [-0.2, 0) is 34.4 Å². The van der Waals surface area contributed by atoms with E-state index in [1.807, 2.05) is 43.2 Å². The molecule has 0 atom stereocenters. The predicted octanol–water partition coefficient (Wildman–Crippen LogP) is 7.40. The van der Waals surface area contributed by atoms with Gasteiger partial charge in [-0.25, -0.2) is 0 Å². The first-order chi connectivity index (χ1) is 20.1. The number of rotatable bonds is 13. The molecule has 1 fully saturated rings. The highest BCUT2D eigenvalue weighted by Gasteiger charge is 2.30. The van der Waals surface area contributed by atoms with Crippen molar-refractivity contribution in [3.05, 3.63) is 94.5 Å². The van der Waals surface area contributed by atoms with E-state index in [1.54, 1.807) is 4.90 Å². The van der Waals surface area contributed by atoms with Crippen LogP contribution in [0.3, 0.4) is 0 Å². The molecule has 0 aromatic heterocycles. The number of carboxylic acids is 1. The first-order valence-electron chi connectivity index (χ1n) is 15.1. The van der Waals surface area contributed by atoms with E-state index in [9.17, 15) is 9.59 Å². The maximum absolute atomic E-state index is 11.9. The second kappa shape index (κ2) is 13.8. The number of hydrazone groups is 1. The maximum atomic E-state index is 11.9. The molecular weight excluding hydrogens is 522 g/mol. The number of carboxylic acid groups (broad SMARTS) is 1. The summed E-state index contributed by atoms with van der Waals surface area (Å²) in [5, 5.41) is 15.9. The van der Waals surface area contributed by atoms with Crippen LogP contribution in [0, 0.1) is 0 Å². The van der Waals surface area contributed by atoms with Gasteiger partial charge in [0.05, 0.1) is 13.0 Å². The Morgan fingerprint density at radius 3 is 2.31 bits per heavy atom. The van der Waals surface area contributed by atoms with Crippen LogP contribution >= 0.6 is 0 Å². The zero-order chi connectivity index (χ0) is 30.3. The highest BCUT2D eigenvalue weighted by Crippen LogP contribution is 2.44. The van der Waals surface area contributed by atoms with Gasteiger partial charge in [0, 0.05) is 20.0 Å². The van der Waals surface area contributed by atoms with E-state index < -0.39 is 5.97 Å². The molecule has 4 rings (SSSR count). The van der Waals surface area contributed by atoms with Crippen molar-refractivity contribution >= 4 is 18.2 Å². The highest BCUT2D eigenvalue weighted by atomic mass is 16.4. The number of hydrogen-bond acceptors (Lipinski definition) is 4. The molecule has 0 unspecified atom stereocenters. The zero-order valence-electron chi connectivity index (χ0n) is 25.8. The van der Waals surface area contributed by atoms with Gasteiger partial charge in [0.1, 0.15) is 5.84 Å². The number of amides is 1. The fourth-order valence-electron chi connectivity index (χ4n) is 5.54. The molecule has 0 radical (unpaired) electrons. The number of benzene rings is 3. The molecule has 1 aliphatic carbocycles. The van der Waals surface area contributed by atoms with Gasteiger partial charge in [0.2, 0.25) is 6.41 Å². The van der Waals surface area contributed by atoms with Crippen LogP contribution in [0.5, 0.6) is 0 Å². The monoisotopic (exact) mass is 567 g/mol. The summed E-state index contributed by atoms with van der Waals surface area (Å²) in [6, 6.07) is 23.0. The van der Waals surface area contributed by atoms with E-state index in [0.717, 1.165) is 41.8 Å². The van der Waals surface area contributed by atoms with Crippen LogP contribution in [0.15, 0.2) is 71.8 Å². The van der Waals surface area contributed by atoms with Crippen molar-refractivity contribution in [2.45, 2.75) is 84.1 Å². The molecule has 6 nitrogen and oxygen atoms in total. The molecular formula is C36H45N3O3. The van der Waals surface area contributed by atoms with Crippen LogP contribution in [0.25, 0.3) is 11.1 Å². The van der Waals surface area contributed by atoms with Crippen molar-refractivity contribution in [3.8, 4) is 11.1 Å². The molecule has 1 saturated carbocycles. The Labute approximate surface area is 251 Å². The third-order valence-electron chi connectivity index (χ3n) is 7.87. The van der Waals surface area contributed by atoms with E-state index in [0.29, 0.717) is 25.4 Å². The molecule has 1 aliphatic rings. The highest BCUT2D eigenvalue weighted by molar-refractivity contribution is 5.90. The quantitative estimate of drug-likeness (QED) is 0.101. The van der Waals surface area contributed by atoms with Gasteiger partial charge in [-0.05, 0) is 82.9 Å². The molecule has 1 N–H and O–H groups in total. The van der Waals surface area contributed by atoms with E-state index in [2.05, 4.69) is 63.2 Å². The Bertz CT molecular complexity index is 1400. The molecule has 0 spiro atoms. The average molecular weight is 568 g/mol. The first kappa shape index (κ1) is 31.0. The lowest BCUT2D eigenvalue weighted by Gasteiger charge is -2.25. The maximum Gasteiger partial charge on any atom is 0.307 e. The van der Waals surface area contributed by atoms with Crippen molar-refractivity contribution in [1.82, 2.24) is 9.91 Å².